The van der Waals surface area contributed by atoms with Gasteiger partial charge in [-0.25, -0.2) is 8.42 Å². The number of halogens is 4. The van der Waals surface area contributed by atoms with Crippen LogP contribution in [0.2, 0.25) is 5.02 Å². The van der Waals surface area contributed by atoms with E-state index < -0.39 is 38.6 Å². The number of amides is 1. The number of sulfonamides is 1. The predicted molar refractivity (Wildman–Crippen MR) is 104 cm³/mol. The van der Waals surface area contributed by atoms with Crippen LogP contribution >= 0.6 is 23.4 Å². The lowest BCUT2D eigenvalue weighted by atomic mass is 10.2. The maximum absolute atomic E-state index is 12.9. The fraction of sp³-hybridized carbons (Fsp3) is 0.588. The highest BCUT2D eigenvalue weighted by Crippen LogP contribution is 2.33. The topological polar surface area (TPSA) is 75.3 Å². The highest BCUT2D eigenvalue weighted by atomic mass is 35.5. The van der Waals surface area contributed by atoms with Gasteiger partial charge < -0.3 is 5.32 Å². The third-order valence-corrected chi connectivity index (χ3v) is 7.07. The Bertz CT molecular complexity index is 797. The summed E-state index contributed by atoms with van der Waals surface area (Å²) in [4.78, 5) is 11.9. The predicted octanol–water partition coefficient (Wildman–Crippen LogP) is 3.82. The second kappa shape index (κ2) is 9.69. The summed E-state index contributed by atoms with van der Waals surface area (Å²) < 4.78 is 66.5. The maximum atomic E-state index is 12.9. The zero-order valence-corrected chi connectivity index (χ0v) is 17.6. The molecule has 0 spiro atoms. The first-order valence-corrected chi connectivity index (χ1v) is 12.0. The molecule has 1 aliphatic rings. The van der Waals surface area contributed by atoms with Crippen LogP contribution in [-0.4, -0.2) is 38.4 Å². The number of rotatable bonds is 8. The van der Waals surface area contributed by atoms with Gasteiger partial charge in [-0.2, -0.15) is 29.7 Å². The molecule has 0 heterocycles. The number of benzene rings is 1. The van der Waals surface area contributed by atoms with Crippen molar-refractivity contribution in [3.63, 3.8) is 0 Å². The van der Waals surface area contributed by atoms with Gasteiger partial charge in [-0.1, -0.05) is 24.4 Å². The molecule has 158 valence electrons. The van der Waals surface area contributed by atoms with E-state index in [2.05, 4.69) is 10.0 Å². The first kappa shape index (κ1) is 23.3. The Labute approximate surface area is 171 Å². The Hall–Kier alpha value is -0.970. The number of carbonyl (C=O) groups excluding carboxylic acids is 1. The largest absolute Gasteiger partial charge is 0.416 e. The molecule has 0 bridgehead atoms. The third kappa shape index (κ3) is 6.27. The van der Waals surface area contributed by atoms with Gasteiger partial charge in [0.25, 0.3) is 0 Å². The van der Waals surface area contributed by atoms with Crippen molar-refractivity contribution in [3.05, 3.63) is 28.8 Å². The minimum absolute atomic E-state index is 0.00840. The van der Waals surface area contributed by atoms with Crippen LogP contribution in [0.1, 0.15) is 37.7 Å². The van der Waals surface area contributed by atoms with E-state index in [4.69, 9.17) is 11.6 Å². The van der Waals surface area contributed by atoms with Crippen LogP contribution in [0.15, 0.2) is 23.1 Å². The number of hydrogen-bond acceptors (Lipinski definition) is 4. The van der Waals surface area contributed by atoms with Crippen LogP contribution in [0.5, 0.6) is 0 Å². The lowest BCUT2D eigenvalue weighted by Gasteiger charge is -2.21. The van der Waals surface area contributed by atoms with E-state index in [9.17, 15) is 26.4 Å². The molecule has 0 saturated heterocycles. The van der Waals surface area contributed by atoms with E-state index >= 15 is 0 Å². The SMILES string of the molecule is CSCC[C@H](NS(=O)(=O)c1cc(C(F)(F)F)ccc1Cl)C(=O)NC1CCCC1. The molecule has 1 atom stereocenters. The fourth-order valence-corrected chi connectivity index (χ4v) is 5.21. The smallest absolute Gasteiger partial charge is 0.352 e. The second-order valence-electron chi connectivity index (χ2n) is 6.59. The molecule has 0 aromatic heterocycles. The molecule has 28 heavy (non-hydrogen) atoms. The van der Waals surface area contributed by atoms with Crippen LogP contribution < -0.4 is 10.0 Å². The summed E-state index contributed by atoms with van der Waals surface area (Å²) in [5.41, 5.74) is -1.13. The van der Waals surface area contributed by atoms with Crippen LogP contribution in [-0.2, 0) is 21.0 Å². The van der Waals surface area contributed by atoms with Crippen molar-refractivity contribution < 1.29 is 26.4 Å². The fourth-order valence-electron chi connectivity index (χ4n) is 2.99. The molecule has 0 aliphatic heterocycles. The quantitative estimate of drug-likeness (QED) is 0.621. The third-order valence-electron chi connectivity index (χ3n) is 4.47. The summed E-state index contributed by atoms with van der Waals surface area (Å²) in [5.74, 6) is 0.0225. The van der Waals surface area contributed by atoms with Gasteiger partial charge in [0, 0.05) is 6.04 Å². The highest BCUT2D eigenvalue weighted by molar-refractivity contribution is 7.98. The van der Waals surface area contributed by atoms with Crippen molar-refractivity contribution in [1.82, 2.24) is 10.0 Å². The Kier molecular flexibility index (Phi) is 8.06. The molecule has 1 saturated carbocycles. The number of carbonyl (C=O) groups is 1. The van der Waals surface area contributed by atoms with E-state index in [-0.39, 0.29) is 17.5 Å². The molecular formula is C17H22ClF3N2O3S2. The maximum Gasteiger partial charge on any atom is 0.416 e. The number of nitrogens with one attached hydrogen (secondary N) is 2. The van der Waals surface area contributed by atoms with Crippen LogP contribution in [0.25, 0.3) is 0 Å². The van der Waals surface area contributed by atoms with Gasteiger partial charge in [0.2, 0.25) is 15.9 Å². The Balaban J connectivity index is 2.25. The van der Waals surface area contributed by atoms with Gasteiger partial charge in [-0.3, -0.25) is 4.79 Å². The van der Waals surface area contributed by atoms with Crippen molar-refractivity contribution in [1.29, 1.82) is 0 Å². The summed E-state index contributed by atoms with van der Waals surface area (Å²) in [6.45, 7) is 0. The van der Waals surface area contributed by atoms with Gasteiger partial charge in [0.15, 0.2) is 0 Å². The molecule has 1 fully saturated rings. The van der Waals surface area contributed by atoms with E-state index in [0.29, 0.717) is 17.9 Å². The first-order chi connectivity index (χ1) is 13.0. The van der Waals surface area contributed by atoms with Crippen molar-refractivity contribution in [2.45, 2.75) is 55.3 Å². The van der Waals surface area contributed by atoms with Crippen molar-refractivity contribution in [2.75, 3.05) is 12.0 Å². The first-order valence-electron chi connectivity index (χ1n) is 8.73. The normalized spacial score (nSPS) is 16.9. The molecule has 5 nitrogen and oxygen atoms in total. The number of alkyl halides is 3. The summed E-state index contributed by atoms with van der Waals surface area (Å²) in [6.07, 6.45) is 0.935. The molecule has 1 amide bonds. The van der Waals surface area contributed by atoms with E-state index in [0.717, 1.165) is 31.7 Å². The van der Waals surface area contributed by atoms with Gasteiger partial charge in [-0.15, -0.1) is 0 Å². The summed E-state index contributed by atoms with van der Waals surface area (Å²) in [6, 6.07) is 0.966. The molecule has 11 heteroatoms. The monoisotopic (exact) mass is 458 g/mol. The number of hydrogen-bond donors (Lipinski definition) is 2. The Morgan fingerprint density at radius 1 is 1.32 bits per heavy atom. The Morgan fingerprint density at radius 2 is 1.96 bits per heavy atom. The summed E-state index contributed by atoms with van der Waals surface area (Å²) >= 11 is 7.28. The summed E-state index contributed by atoms with van der Waals surface area (Å²) in [5, 5.41) is 2.48. The van der Waals surface area contributed by atoms with Crippen molar-refractivity contribution in [2.24, 2.45) is 0 Å². The molecule has 2 N–H and O–H groups in total. The molecule has 2 rings (SSSR count). The average Bonchev–Trinajstić information content (AvgIpc) is 3.10. The zero-order valence-electron chi connectivity index (χ0n) is 15.2. The zero-order chi connectivity index (χ0) is 20.9. The number of thioether (sulfide) groups is 1. The van der Waals surface area contributed by atoms with E-state index in [1.807, 2.05) is 6.26 Å². The van der Waals surface area contributed by atoms with Gasteiger partial charge in [0.1, 0.15) is 10.9 Å². The second-order valence-corrected chi connectivity index (χ2v) is 9.66. The van der Waals surface area contributed by atoms with Crippen LogP contribution in [0, 0.1) is 0 Å². The standard InChI is InChI=1S/C17H22ClF3N2O3S2/c1-27-9-8-14(16(24)22-12-4-2-3-5-12)23-28(25,26)15-10-11(17(19,20)21)6-7-13(15)18/h6-7,10,12,14,23H,2-5,8-9H2,1H3,(H,22,24)/t14-/m0/s1. The van der Waals surface area contributed by atoms with Crippen LogP contribution in [0.4, 0.5) is 13.2 Å². The lowest BCUT2D eigenvalue weighted by Crippen LogP contribution is -2.49. The van der Waals surface area contributed by atoms with Gasteiger partial charge in [-0.05, 0) is 49.5 Å². The van der Waals surface area contributed by atoms with Crippen molar-refractivity contribution in [3.8, 4) is 0 Å². The molecular weight excluding hydrogens is 437 g/mol. The minimum Gasteiger partial charge on any atom is -0.352 e. The minimum atomic E-state index is -4.72. The van der Waals surface area contributed by atoms with E-state index in [1.165, 1.54) is 11.8 Å². The molecule has 0 radical (unpaired) electrons. The van der Waals surface area contributed by atoms with E-state index in [1.54, 1.807) is 0 Å². The summed E-state index contributed by atoms with van der Waals surface area (Å²) in [7, 11) is -4.43. The molecule has 1 aliphatic carbocycles. The lowest BCUT2D eigenvalue weighted by molar-refractivity contribution is -0.137. The van der Waals surface area contributed by atoms with Crippen molar-refractivity contribution >= 4 is 39.3 Å². The highest BCUT2D eigenvalue weighted by Gasteiger charge is 2.34. The van der Waals surface area contributed by atoms with Crippen LogP contribution in [0.3, 0.4) is 0 Å². The molecule has 1 aromatic rings. The van der Waals surface area contributed by atoms with Gasteiger partial charge >= 0.3 is 6.18 Å². The molecule has 1 aromatic carbocycles. The molecule has 0 unspecified atom stereocenters. The average molecular weight is 459 g/mol. The Morgan fingerprint density at radius 3 is 2.54 bits per heavy atom. The van der Waals surface area contributed by atoms with Gasteiger partial charge in [0.05, 0.1) is 10.6 Å².